The van der Waals surface area contributed by atoms with E-state index in [9.17, 15) is 0 Å². The summed E-state index contributed by atoms with van der Waals surface area (Å²) in [6.45, 7) is 1.60. The Kier molecular flexibility index (Phi) is 5.16. The number of rotatable bonds is 5. The monoisotopic (exact) mass is 387 g/mol. The molecule has 29 heavy (non-hydrogen) atoms. The summed E-state index contributed by atoms with van der Waals surface area (Å²) in [7, 11) is 3.30. The maximum Gasteiger partial charge on any atom is 0.229 e. The minimum atomic E-state index is 0.519. The van der Waals surface area contributed by atoms with Crippen molar-refractivity contribution in [1.29, 1.82) is 5.26 Å². The summed E-state index contributed by atoms with van der Waals surface area (Å²) >= 11 is 0. The zero-order valence-corrected chi connectivity index (χ0v) is 16.3. The first-order chi connectivity index (χ1) is 14.2. The summed E-state index contributed by atoms with van der Waals surface area (Å²) in [5, 5.41) is 12.1. The van der Waals surface area contributed by atoms with Crippen LogP contribution in [0.5, 0.6) is 11.5 Å². The minimum absolute atomic E-state index is 0.519. The van der Waals surface area contributed by atoms with Gasteiger partial charge in [-0.15, -0.1) is 0 Å². The smallest absolute Gasteiger partial charge is 0.229 e. The van der Waals surface area contributed by atoms with Gasteiger partial charge < -0.3 is 19.7 Å². The fraction of sp³-hybridized carbons (Fsp3) is 0.227. The quantitative estimate of drug-likeness (QED) is 0.715. The van der Waals surface area contributed by atoms with Crippen LogP contribution < -0.4 is 19.7 Å². The van der Waals surface area contributed by atoms with Gasteiger partial charge in [0.05, 0.1) is 25.9 Å². The molecule has 1 N–H and O–H groups in total. The number of hydrogen-bond donors (Lipinski definition) is 1. The lowest BCUT2D eigenvalue weighted by atomic mass is 9.99. The van der Waals surface area contributed by atoms with E-state index in [0.717, 1.165) is 42.5 Å². The average molecular weight is 387 g/mol. The zero-order chi connectivity index (χ0) is 20.2. The van der Waals surface area contributed by atoms with Crippen LogP contribution in [-0.2, 0) is 13.0 Å². The molecule has 0 unspecified atom stereocenters. The maximum absolute atomic E-state index is 8.92. The molecule has 3 aromatic rings. The molecule has 1 aliphatic rings. The molecule has 0 fully saturated rings. The van der Waals surface area contributed by atoms with Crippen molar-refractivity contribution < 1.29 is 9.47 Å². The number of nitriles is 1. The van der Waals surface area contributed by atoms with Gasteiger partial charge in [0.25, 0.3) is 0 Å². The Morgan fingerprint density at radius 3 is 2.45 bits per heavy atom. The van der Waals surface area contributed by atoms with E-state index in [1.165, 1.54) is 11.1 Å². The Bertz CT molecular complexity index is 1060. The number of fused-ring (bicyclic) bond motifs is 1. The van der Waals surface area contributed by atoms with Gasteiger partial charge in [0.2, 0.25) is 5.95 Å². The number of benzene rings is 2. The zero-order valence-electron chi connectivity index (χ0n) is 16.3. The molecule has 0 amide bonds. The number of nitrogens with zero attached hydrogens (tertiary/aromatic N) is 4. The predicted molar refractivity (Wildman–Crippen MR) is 111 cm³/mol. The van der Waals surface area contributed by atoms with Crippen molar-refractivity contribution in [1.82, 2.24) is 9.97 Å². The van der Waals surface area contributed by atoms with E-state index in [-0.39, 0.29) is 0 Å². The fourth-order valence-electron chi connectivity index (χ4n) is 3.42. The van der Waals surface area contributed by atoms with Crippen LogP contribution in [0.4, 0.5) is 17.5 Å². The van der Waals surface area contributed by atoms with E-state index in [4.69, 9.17) is 14.7 Å². The first-order valence-electron chi connectivity index (χ1n) is 9.29. The highest BCUT2D eigenvalue weighted by atomic mass is 16.5. The minimum Gasteiger partial charge on any atom is -0.493 e. The van der Waals surface area contributed by atoms with Gasteiger partial charge in [-0.2, -0.15) is 10.2 Å². The van der Waals surface area contributed by atoms with Crippen molar-refractivity contribution in [3.05, 3.63) is 65.4 Å². The first kappa shape index (κ1) is 18.6. The van der Waals surface area contributed by atoms with Crippen molar-refractivity contribution in [2.24, 2.45) is 0 Å². The summed E-state index contributed by atoms with van der Waals surface area (Å²) in [6, 6.07) is 15.3. The summed E-state index contributed by atoms with van der Waals surface area (Å²) in [4.78, 5) is 11.2. The molecule has 2 aromatic carbocycles. The van der Waals surface area contributed by atoms with E-state index < -0.39 is 0 Å². The second-order valence-corrected chi connectivity index (χ2v) is 6.70. The molecule has 0 aliphatic carbocycles. The Morgan fingerprint density at radius 2 is 1.76 bits per heavy atom. The molecule has 0 saturated heterocycles. The number of anilines is 3. The molecule has 0 saturated carbocycles. The second kappa shape index (κ2) is 8.07. The highest BCUT2D eigenvalue weighted by molar-refractivity contribution is 5.57. The molecule has 1 aromatic heterocycles. The third-order valence-electron chi connectivity index (χ3n) is 4.95. The predicted octanol–water partition coefficient (Wildman–Crippen LogP) is 3.67. The van der Waals surface area contributed by atoms with Gasteiger partial charge in [0, 0.05) is 25.0 Å². The number of hydrogen-bond acceptors (Lipinski definition) is 7. The van der Waals surface area contributed by atoms with Gasteiger partial charge >= 0.3 is 0 Å². The van der Waals surface area contributed by atoms with Crippen LogP contribution in [0.25, 0.3) is 0 Å². The lowest BCUT2D eigenvalue weighted by Crippen LogP contribution is -2.31. The Morgan fingerprint density at radius 1 is 1.03 bits per heavy atom. The van der Waals surface area contributed by atoms with Crippen molar-refractivity contribution >= 4 is 17.5 Å². The van der Waals surface area contributed by atoms with Gasteiger partial charge in [-0.1, -0.05) is 0 Å². The highest BCUT2D eigenvalue weighted by Crippen LogP contribution is 2.34. The number of ether oxygens (including phenoxy) is 2. The third kappa shape index (κ3) is 3.92. The van der Waals surface area contributed by atoms with Gasteiger partial charge in [0.15, 0.2) is 11.5 Å². The average Bonchev–Trinajstić information content (AvgIpc) is 2.78. The van der Waals surface area contributed by atoms with Crippen molar-refractivity contribution in [3.8, 4) is 17.6 Å². The molecule has 2 heterocycles. The molecule has 1 aliphatic heterocycles. The SMILES string of the molecule is COc1cc2c(cc1OC)CN(c1ccnc(Nc3ccc(C#N)cc3)n1)CC2. The van der Waals surface area contributed by atoms with Crippen LogP contribution in [0.15, 0.2) is 48.7 Å². The topological polar surface area (TPSA) is 83.3 Å². The van der Waals surface area contributed by atoms with E-state index in [2.05, 4.69) is 32.3 Å². The first-order valence-corrected chi connectivity index (χ1v) is 9.29. The normalized spacial score (nSPS) is 12.7. The molecule has 0 atom stereocenters. The largest absolute Gasteiger partial charge is 0.493 e. The van der Waals surface area contributed by atoms with Gasteiger partial charge in [-0.25, -0.2) is 4.98 Å². The van der Waals surface area contributed by atoms with Gasteiger partial charge in [-0.3, -0.25) is 0 Å². The van der Waals surface area contributed by atoms with Gasteiger partial charge in [0.1, 0.15) is 5.82 Å². The van der Waals surface area contributed by atoms with Crippen LogP contribution in [0.2, 0.25) is 0 Å². The van der Waals surface area contributed by atoms with Gasteiger partial charge in [-0.05, 0) is 60.0 Å². The molecule has 4 rings (SSSR count). The standard InChI is InChI=1S/C22H21N5O2/c1-28-19-11-16-8-10-27(14-17(16)12-20(19)29-2)21-7-9-24-22(26-21)25-18-5-3-15(13-23)4-6-18/h3-7,9,11-12H,8,10,14H2,1-2H3,(H,24,25,26). The van der Waals surface area contributed by atoms with E-state index in [1.54, 1.807) is 32.5 Å². The molecule has 146 valence electrons. The van der Waals surface area contributed by atoms with Crippen molar-refractivity contribution in [3.63, 3.8) is 0 Å². The molecule has 7 nitrogen and oxygen atoms in total. The third-order valence-corrected chi connectivity index (χ3v) is 4.95. The van der Waals surface area contributed by atoms with Crippen LogP contribution >= 0.6 is 0 Å². The maximum atomic E-state index is 8.92. The fourth-order valence-corrected chi connectivity index (χ4v) is 3.42. The number of aromatic nitrogens is 2. The number of methoxy groups -OCH3 is 2. The molecule has 0 spiro atoms. The molecule has 7 heteroatoms. The van der Waals surface area contributed by atoms with Crippen molar-refractivity contribution in [2.75, 3.05) is 31.0 Å². The summed E-state index contributed by atoms with van der Waals surface area (Å²) < 4.78 is 10.9. The van der Waals surface area contributed by atoms with E-state index >= 15 is 0 Å². The molecular weight excluding hydrogens is 366 g/mol. The van der Waals surface area contributed by atoms with Crippen LogP contribution in [0.3, 0.4) is 0 Å². The molecule has 0 radical (unpaired) electrons. The molecular formula is C22H21N5O2. The van der Waals surface area contributed by atoms with Crippen molar-refractivity contribution in [2.45, 2.75) is 13.0 Å². The summed E-state index contributed by atoms with van der Waals surface area (Å²) in [5.74, 6) is 2.87. The number of nitrogens with one attached hydrogen (secondary N) is 1. The lowest BCUT2D eigenvalue weighted by Gasteiger charge is -2.30. The molecule has 0 bridgehead atoms. The lowest BCUT2D eigenvalue weighted by molar-refractivity contribution is 0.353. The van der Waals surface area contributed by atoms with E-state index in [0.29, 0.717) is 11.5 Å². The van der Waals surface area contributed by atoms with Crippen LogP contribution in [0, 0.1) is 11.3 Å². The Hall–Kier alpha value is -3.79. The second-order valence-electron chi connectivity index (χ2n) is 6.70. The van der Waals surface area contributed by atoms with E-state index in [1.807, 2.05) is 24.3 Å². The highest BCUT2D eigenvalue weighted by Gasteiger charge is 2.20. The van der Waals surface area contributed by atoms with Crippen LogP contribution in [0.1, 0.15) is 16.7 Å². The van der Waals surface area contributed by atoms with Crippen LogP contribution in [-0.4, -0.2) is 30.7 Å². The summed E-state index contributed by atoms with van der Waals surface area (Å²) in [6.07, 6.45) is 2.65. The summed E-state index contributed by atoms with van der Waals surface area (Å²) in [5.41, 5.74) is 3.92. The Labute approximate surface area is 169 Å². The Balaban J connectivity index is 1.54.